The van der Waals surface area contributed by atoms with Gasteiger partial charge in [-0.25, -0.2) is 4.79 Å². The number of hydrogen-bond acceptors (Lipinski definition) is 5. The van der Waals surface area contributed by atoms with Crippen molar-refractivity contribution in [2.75, 3.05) is 6.54 Å². The SMILES string of the molecule is CC(C)(C)OC(=O)n1cc2c(n1)CCCC2N1CC[C@@H](Cc2c(Cl)cc(OCc3ccccc3)cc2Cl)C1=O. The molecule has 1 fully saturated rings. The molecule has 1 aliphatic carbocycles. The van der Waals surface area contributed by atoms with Crippen LogP contribution in [0.1, 0.15) is 68.5 Å². The number of aryl methyl sites for hydroxylation is 1. The van der Waals surface area contributed by atoms with Gasteiger partial charge in [0.25, 0.3) is 0 Å². The molecule has 1 unspecified atom stereocenters. The first-order chi connectivity index (χ1) is 18.6. The summed E-state index contributed by atoms with van der Waals surface area (Å²) >= 11 is 13.3. The van der Waals surface area contributed by atoms with Gasteiger partial charge in [-0.05, 0) is 76.1 Å². The molecule has 0 radical (unpaired) electrons. The Bertz CT molecular complexity index is 1340. The van der Waals surface area contributed by atoms with Gasteiger partial charge in [0.2, 0.25) is 5.91 Å². The van der Waals surface area contributed by atoms with Crippen LogP contribution in [0.25, 0.3) is 0 Å². The highest BCUT2D eigenvalue weighted by molar-refractivity contribution is 6.36. The summed E-state index contributed by atoms with van der Waals surface area (Å²) in [6, 6.07) is 13.3. The second-order valence-corrected chi connectivity index (χ2v) is 12.0. The number of amides is 1. The lowest BCUT2D eigenvalue weighted by Gasteiger charge is -2.31. The van der Waals surface area contributed by atoms with E-state index in [1.54, 1.807) is 18.3 Å². The molecule has 0 spiro atoms. The molecular formula is C30H33Cl2N3O4. The minimum absolute atomic E-state index is 0.0782. The quantitative estimate of drug-likeness (QED) is 0.319. The van der Waals surface area contributed by atoms with E-state index in [2.05, 4.69) is 5.10 Å². The van der Waals surface area contributed by atoms with Gasteiger partial charge in [-0.3, -0.25) is 4.79 Å². The monoisotopic (exact) mass is 569 g/mol. The molecule has 7 nitrogen and oxygen atoms in total. The van der Waals surface area contributed by atoms with Crippen LogP contribution in [0, 0.1) is 5.92 Å². The Kier molecular flexibility index (Phi) is 7.92. The highest BCUT2D eigenvalue weighted by atomic mass is 35.5. The molecule has 0 bridgehead atoms. The van der Waals surface area contributed by atoms with E-state index in [1.807, 2.05) is 56.0 Å². The number of ether oxygens (including phenoxy) is 2. The van der Waals surface area contributed by atoms with Gasteiger partial charge in [-0.2, -0.15) is 9.78 Å². The van der Waals surface area contributed by atoms with E-state index in [1.165, 1.54) is 4.68 Å². The molecule has 0 saturated carbocycles. The number of nitrogens with zero attached hydrogens (tertiary/aromatic N) is 3. The van der Waals surface area contributed by atoms with E-state index in [-0.39, 0.29) is 17.9 Å². The lowest BCUT2D eigenvalue weighted by molar-refractivity contribution is -0.133. The second kappa shape index (κ2) is 11.2. The maximum absolute atomic E-state index is 13.6. The summed E-state index contributed by atoms with van der Waals surface area (Å²) in [4.78, 5) is 28.1. The van der Waals surface area contributed by atoms with Crippen LogP contribution in [-0.2, 0) is 29.0 Å². The Morgan fingerprint density at radius 2 is 1.82 bits per heavy atom. The van der Waals surface area contributed by atoms with Gasteiger partial charge in [-0.1, -0.05) is 53.5 Å². The van der Waals surface area contributed by atoms with Crippen LogP contribution in [0.15, 0.2) is 48.7 Å². The average Bonchev–Trinajstić information content (AvgIpc) is 3.48. The van der Waals surface area contributed by atoms with Crippen LogP contribution in [0.2, 0.25) is 10.0 Å². The Labute approximate surface area is 239 Å². The fourth-order valence-electron chi connectivity index (χ4n) is 5.35. The third-order valence-corrected chi connectivity index (χ3v) is 7.87. The molecule has 0 N–H and O–H groups in total. The van der Waals surface area contributed by atoms with Crippen LogP contribution in [0.5, 0.6) is 5.75 Å². The van der Waals surface area contributed by atoms with E-state index in [0.29, 0.717) is 41.8 Å². The summed E-state index contributed by atoms with van der Waals surface area (Å²) in [7, 11) is 0. The number of carbonyl (C=O) groups excluding carboxylic acids is 2. The van der Waals surface area contributed by atoms with Crippen LogP contribution in [-0.4, -0.2) is 38.8 Å². The summed E-state index contributed by atoms with van der Waals surface area (Å²) < 4.78 is 12.6. The van der Waals surface area contributed by atoms with Gasteiger partial charge in [0.15, 0.2) is 0 Å². The van der Waals surface area contributed by atoms with Crippen LogP contribution in [0.4, 0.5) is 4.79 Å². The largest absolute Gasteiger partial charge is 0.489 e. The Morgan fingerprint density at radius 3 is 2.51 bits per heavy atom. The zero-order valence-electron chi connectivity index (χ0n) is 22.5. The van der Waals surface area contributed by atoms with E-state index < -0.39 is 11.7 Å². The zero-order valence-corrected chi connectivity index (χ0v) is 24.0. The summed E-state index contributed by atoms with van der Waals surface area (Å²) in [5.74, 6) is 0.450. The fourth-order valence-corrected chi connectivity index (χ4v) is 5.97. The van der Waals surface area contributed by atoms with E-state index in [9.17, 15) is 9.59 Å². The molecule has 1 amide bonds. The predicted molar refractivity (Wildman–Crippen MR) is 150 cm³/mol. The fraction of sp³-hybridized carbons (Fsp3) is 0.433. The van der Waals surface area contributed by atoms with Crippen LogP contribution < -0.4 is 4.74 Å². The van der Waals surface area contributed by atoms with Crippen LogP contribution in [0.3, 0.4) is 0 Å². The van der Waals surface area contributed by atoms with Gasteiger partial charge >= 0.3 is 6.09 Å². The zero-order chi connectivity index (χ0) is 27.7. The van der Waals surface area contributed by atoms with Gasteiger partial charge in [0, 0.05) is 34.3 Å². The van der Waals surface area contributed by atoms with Gasteiger partial charge in [-0.15, -0.1) is 0 Å². The maximum atomic E-state index is 13.6. The molecule has 1 aliphatic heterocycles. The molecule has 5 rings (SSSR count). The van der Waals surface area contributed by atoms with Gasteiger partial charge in [0.1, 0.15) is 18.0 Å². The normalized spacial score (nSPS) is 19.2. The Morgan fingerprint density at radius 1 is 1.10 bits per heavy atom. The lowest BCUT2D eigenvalue weighted by Crippen LogP contribution is -2.34. The molecular weight excluding hydrogens is 537 g/mol. The number of likely N-dealkylation sites (tertiary alicyclic amines) is 1. The minimum Gasteiger partial charge on any atom is -0.489 e. The number of carbonyl (C=O) groups is 2. The van der Waals surface area contributed by atoms with Gasteiger partial charge < -0.3 is 14.4 Å². The Balaban J connectivity index is 1.27. The first kappa shape index (κ1) is 27.5. The molecule has 39 heavy (non-hydrogen) atoms. The van der Waals surface area contributed by atoms with Crippen molar-refractivity contribution in [2.24, 2.45) is 5.92 Å². The van der Waals surface area contributed by atoms with E-state index in [4.69, 9.17) is 32.7 Å². The predicted octanol–water partition coefficient (Wildman–Crippen LogP) is 7.02. The number of hydrogen-bond donors (Lipinski definition) is 0. The molecule has 1 aromatic heterocycles. The van der Waals surface area contributed by atoms with Gasteiger partial charge in [0.05, 0.1) is 11.7 Å². The van der Waals surface area contributed by atoms with Crippen molar-refractivity contribution in [3.8, 4) is 5.75 Å². The third kappa shape index (κ3) is 6.25. The number of benzene rings is 2. The van der Waals surface area contributed by atoms with Crippen molar-refractivity contribution >= 4 is 35.2 Å². The van der Waals surface area contributed by atoms with E-state index in [0.717, 1.165) is 41.6 Å². The van der Waals surface area contributed by atoms with Crippen molar-refractivity contribution in [2.45, 2.75) is 71.1 Å². The highest BCUT2D eigenvalue weighted by Crippen LogP contribution is 2.40. The maximum Gasteiger partial charge on any atom is 0.435 e. The molecule has 206 valence electrons. The molecule has 2 atom stereocenters. The topological polar surface area (TPSA) is 73.7 Å². The Hall–Kier alpha value is -3.03. The summed E-state index contributed by atoms with van der Waals surface area (Å²) in [5, 5.41) is 5.48. The molecule has 1 saturated heterocycles. The summed E-state index contributed by atoms with van der Waals surface area (Å²) in [5.41, 5.74) is 2.97. The molecule has 2 aromatic carbocycles. The third-order valence-electron chi connectivity index (χ3n) is 7.19. The van der Waals surface area contributed by atoms with Crippen molar-refractivity contribution < 1.29 is 19.1 Å². The van der Waals surface area contributed by atoms with Crippen molar-refractivity contribution in [1.82, 2.24) is 14.7 Å². The molecule has 2 aliphatic rings. The van der Waals surface area contributed by atoms with Crippen LogP contribution >= 0.6 is 23.2 Å². The average molecular weight is 571 g/mol. The molecule has 2 heterocycles. The molecule has 9 heteroatoms. The van der Waals surface area contributed by atoms with Crippen molar-refractivity contribution in [3.63, 3.8) is 0 Å². The highest BCUT2D eigenvalue weighted by Gasteiger charge is 2.39. The van der Waals surface area contributed by atoms with Crippen molar-refractivity contribution in [1.29, 1.82) is 0 Å². The van der Waals surface area contributed by atoms with Crippen molar-refractivity contribution in [3.05, 3.63) is 81.1 Å². The standard InChI is InChI=1S/C30H33Cl2N3O4/c1-30(2,3)39-29(37)35-17-23-26(33-35)10-7-11-27(23)34-13-12-20(28(34)36)14-22-24(31)15-21(16-25(22)32)38-18-19-8-5-4-6-9-19/h4-6,8-9,15-17,20,27H,7,10-14,18H2,1-3H3/t20-,27?/m0/s1. The smallest absolute Gasteiger partial charge is 0.435 e. The number of rotatable bonds is 6. The minimum atomic E-state index is -0.615. The summed E-state index contributed by atoms with van der Waals surface area (Å²) in [6.45, 7) is 6.52. The lowest BCUT2D eigenvalue weighted by atomic mass is 9.92. The molecule has 3 aromatic rings. The summed E-state index contributed by atoms with van der Waals surface area (Å²) in [6.07, 6.45) is 4.90. The first-order valence-electron chi connectivity index (χ1n) is 13.4. The number of fused-ring (bicyclic) bond motifs is 1. The number of halogens is 2. The number of aromatic nitrogens is 2. The first-order valence-corrected chi connectivity index (χ1v) is 14.1. The second-order valence-electron chi connectivity index (χ2n) is 11.2. The van der Waals surface area contributed by atoms with E-state index >= 15 is 0 Å².